The highest BCUT2D eigenvalue weighted by molar-refractivity contribution is 5.85. The van der Waals surface area contributed by atoms with Gasteiger partial charge in [-0.05, 0) is 37.8 Å². The lowest BCUT2D eigenvalue weighted by molar-refractivity contribution is -0.147. The predicted octanol–water partition coefficient (Wildman–Crippen LogP) is 1.80. The first-order chi connectivity index (χ1) is 10.6. The Labute approximate surface area is 141 Å². The molecule has 0 radical (unpaired) electrons. The molecule has 0 atom stereocenters. The largest absolute Gasteiger partial charge is 0.480 e. The van der Waals surface area contributed by atoms with Crippen LogP contribution in [0.4, 0.5) is 5.69 Å². The minimum atomic E-state index is -0.922. The summed E-state index contributed by atoms with van der Waals surface area (Å²) >= 11 is 0. The molecule has 0 unspecified atom stereocenters. The van der Waals surface area contributed by atoms with E-state index in [-0.39, 0.29) is 36.8 Å². The van der Waals surface area contributed by atoms with Crippen LogP contribution in [0.3, 0.4) is 0 Å². The molecular formula is C16H22ClN3O3. The van der Waals surface area contributed by atoms with Gasteiger partial charge in [0.05, 0.1) is 0 Å². The first-order valence-electron chi connectivity index (χ1n) is 7.82. The van der Waals surface area contributed by atoms with Crippen molar-refractivity contribution >= 4 is 30.0 Å². The number of aromatic nitrogens is 1. The standard InChI is InChI=1S/C16H21N3O3.ClH/c20-15(21)11-19(14-1-2-14)16(22)12-5-9-18(10-6-12)13-3-7-17-8-4-13;/h3-4,7-8,12,14H,1-2,5-6,9-11H2,(H,20,21);1H. The van der Waals surface area contributed by atoms with Crippen molar-refractivity contribution in [3.8, 4) is 0 Å². The maximum Gasteiger partial charge on any atom is 0.323 e. The zero-order valence-electron chi connectivity index (χ0n) is 12.9. The molecule has 1 aromatic rings. The van der Waals surface area contributed by atoms with Gasteiger partial charge < -0.3 is 14.9 Å². The quantitative estimate of drug-likeness (QED) is 0.885. The molecule has 1 saturated carbocycles. The lowest BCUT2D eigenvalue weighted by Gasteiger charge is -2.35. The van der Waals surface area contributed by atoms with Crippen LogP contribution in [0.5, 0.6) is 0 Å². The van der Waals surface area contributed by atoms with E-state index in [2.05, 4.69) is 9.88 Å². The predicted molar refractivity (Wildman–Crippen MR) is 88.8 cm³/mol. The number of carboxylic acid groups (broad SMARTS) is 1. The molecule has 0 spiro atoms. The van der Waals surface area contributed by atoms with E-state index >= 15 is 0 Å². The summed E-state index contributed by atoms with van der Waals surface area (Å²) in [5, 5.41) is 8.99. The van der Waals surface area contributed by atoms with Crippen LogP contribution in [-0.2, 0) is 9.59 Å². The fourth-order valence-corrected chi connectivity index (χ4v) is 3.09. The Balaban J connectivity index is 0.00000192. The fraction of sp³-hybridized carbons (Fsp3) is 0.562. The highest BCUT2D eigenvalue weighted by atomic mass is 35.5. The Bertz CT molecular complexity index is 543. The van der Waals surface area contributed by atoms with Gasteiger partial charge in [-0.2, -0.15) is 0 Å². The van der Waals surface area contributed by atoms with Crippen LogP contribution in [0.25, 0.3) is 0 Å². The highest BCUT2D eigenvalue weighted by Gasteiger charge is 2.37. The number of piperidine rings is 1. The van der Waals surface area contributed by atoms with Crippen molar-refractivity contribution in [3.63, 3.8) is 0 Å². The first kappa shape index (κ1) is 17.5. The molecule has 1 aliphatic heterocycles. The molecule has 7 heteroatoms. The van der Waals surface area contributed by atoms with Crippen molar-refractivity contribution in [1.82, 2.24) is 9.88 Å². The van der Waals surface area contributed by atoms with Gasteiger partial charge in [0.25, 0.3) is 0 Å². The van der Waals surface area contributed by atoms with Crippen LogP contribution in [0.2, 0.25) is 0 Å². The van der Waals surface area contributed by atoms with Crippen molar-refractivity contribution in [2.24, 2.45) is 5.92 Å². The van der Waals surface area contributed by atoms with Crippen LogP contribution in [0, 0.1) is 5.92 Å². The molecule has 1 aromatic heterocycles. The summed E-state index contributed by atoms with van der Waals surface area (Å²) in [4.78, 5) is 31.4. The second-order valence-electron chi connectivity index (χ2n) is 6.06. The number of halogens is 1. The minimum Gasteiger partial charge on any atom is -0.480 e. The van der Waals surface area contributed by atoms with Crippen LogP contribution in [-0.4, -0.2) is 52.5 Å². The van der Waals surface area contributed by atoms with Gasteiger partial charge in [-0.3, -0.25) is 14.6 Å². The molecule has 1 aliphatic carbocycles. The lowest BCUT2D eigenvalue weighted by Crippen LogP contribution is -2.45. The average molecular weight is 340 g/mol. The summed E-state index contributed by atoms with van der Waals surface area (Å²) in [7, 11) is 0. The number of hydrogen-bond acceptors (Lipinski definition) is 4. The molecule has 2 fully saturated rings. The Hall–Kier alpha value is -1.82. The van der Waals surface area contributed by atoms with Crippen LogP contribution in [0.1, 0.15) is 25.7 Å². The van der Waals surface area contributed by atoms with Gasteiger partial charge in [-0.1, -0.05) is 0 Å². The van der Waals surface area contributed by atoms with Crippen LogP contribution >= 0.6 is 12.4 Å². The normalized spacial score (nSPS) is 18.2. The van der Waals surface area contributed by atoms with Gasteiger partial charge in [0.2, 0.25) is 5.91 Å². The van der Waals surface area contributed by atoms with Gasteiger partial charge in [-0.25, -0.2) is 0 Å². The second kappa shape index (κ2) is 7.64. The maximum absolute atomic E-state index is 12.6. The molecule has 2 heterocycles. The number of anilines is 1. The number of hydrogen-bond donors (Lipinski definition) is 1. The van der Waals surface area contributed by atoms with Crippen molar-refractivity contribution in [2.45, 2.75) is 31.7 Å². The van der Waals surface area contributed by atoms with Gasteiger partial charge >= 0.3 is 5.97 Å². The van der Waals surface area contributed by atoms with E-state index in [0.717, 1.165) is 44.5 Å². The topological polar surface area (TPSA) is 73.7 Å². The van der Waals surface area contributed by atoms with Crippen molar-refractivity contribution in [2.75, 3.05) is 24.5 Å². The molecule has 23 heavy (non-hydrogen) atoms. The number of amides is 1. The summed E-state index contributed by atoms with van der Waals surface area (Å²) in [6.07, 6.45) is 6.99. The highest BCUT2D eigenvalue weighted by Crippen LogP contribution is 2.31. The number of carboxylic acids is 1. The molecule has 2 aliphatic rings. The number of pyridine rings is 1. The third-order valence-corrected chi connectivity index (χ3v) is 4.45. The zero-order valence-corrected chi connectivity index (χ0v) is 13.7. The third kappa shape index (κ3) is 4.34. The van der Waals surface area contributed by atoms with Crippen LogP contribution < -0.4 is 4.90 Å². The van der Waals surface area contributed by atoms with E-state index in [4.69, 9.17) is 5.11 Å². The molecule has 3 rings (SSSR count). The van der Waals surface area contributed by atoms with Crippen molar-refractivity contribution in [3.05, 3.63) is 24.5 Å². The SMILES string of the molecule is Cl.O=C(O)CN(C(=O)C1CCN(c2ccncc2)CC1)C1CC1. The summed E-state index contributed by atoms with van der Waals surface area (Å²) < 4.78 is 0. The Morgan fingerprint density at radius 2 is 1.78 bits per heavy atom. The molecular weight excluding hydrogens is 318 g/mol. The summed E-state index contributed by atoms with van der Waals surface area (Å²) in [5.74, 6) is -0.938. The first-order valence-corrected chi connectivity index (χ1v) is 7.82. The lowest BCUT2D eigenvalue weighted by atomic mass is 9.94. The number of carbonyl (C=O) groups excluding carboxylic acids is 1. The molecule has 0 aromatic carbocycles. The van der Waals surface area contributed by atoms with Crippen LogP contribution in [0.15, 0.2) is 24.5 Å². The average Bonchev–Trinajstić information content (AvgIpc) is 3.38. The van der Waals surface area contributed by atoms with Crippen molar-refractivity contribution in [1.29, 1.82) is 0 Å². The minimum absolute atomic E-state index is 0. The summed E-state index contributed by atoms with van der Waals surface area (Å²) in [6, 6.07) is 4.11. The maximum atomic E-state index is 12.6. The monoisotopic (exact) mass is 339 g/mol. The third-order valence-electron chi connectivity index (χ3n) is 4.45. The van der Waals surface area contributed by atoms with E-state index in [1.165, 1.54) is 0 Å². The molecule has 126 valence electrons. The van der Waals surface area contributed by atoms with Gasteiger partial charge in [-0.15, -0.1) is 12.4 Å². The Morgan fingerprint density at radius 3 is 2.30 bits per heavy atom. The number of aliphatic carboxylic acids is 1. The molecule has 6 nitrogen and oxygen atoms in total. The molecule has 1 N–H and O–H groups in total. The van der Waals surface area contributed by atoms with E-state index < -0.39 is 5.97 Å². The number of nitrogens with zero attached hydrogens (tertiary/aromatic N) is 3. The van der Waals surface area contributed by atoms with Gasteiger partial charge in [0.1, 0.15) is 6.54 Å². The Kier molecular flexibility index (Phi) is 5.82. The second-order valence-corrected chi connectivity index (χ2v) is 6.06. The van der Waals surface area contributed by atoms with E-state index in [9.17, 15) is 9.59 Å². The van der Waals surface area contributed by atoms with E-state index in [1.807, 2.05) is 12.1 Å². The van der Waals surface area contributed by atoms with Gasteiger partial charge in [0.15, 0.2) is 0 Å². The molecule has 1 amide bonds. The fourth-order valence-electron chi connectivity index (χ4n) is 3.09. The Morgan fingerprint density at radius 1 is 1.17 bits per heavy atom. The number of rotatable bonds is 5. The summed E-state index contributed by atoms with van der Waals surface area (Å²) in [5.41, 5.74) is 1.13. The van der Waals surface area contributed by atoms with E-state index in [1.54, 1.807) is 17.3 Å². The zero-order chi connectivity index (χ0) is 15.5. The smallest absolute Gasteiger partial charge is 0.323 e. The van der Waals surface area contributed by atoms with Gasteiger partial charge in [0, 0.05) is 43.1 Å². The van der Waals surface area contributed by atoms with E-state index in [0.29, 0.717) is 0 Å². The molecule has 0 bridgehead atoms. The molecule has 1 saturated heterocycles. The number of carbonyl (C=O) groups is 2. The summed E-state index contributed by atoms with van der Waals surface area (Å²) in [6.45, 7) is 1.49. The van der Waals surface area contributed by atoms with Crippen molar-refractivity contribution < 1.29 is 14.7 Å².